The second kappa shape index (κ2) is 13.8. The first-order chi connectivity index (χ1) is 14.2. The fraction of sp³-hybridized carbons (Fsp3) is 0.522. The van der Waals surface area contributed by atoms with Crippen molar-refractivity contribution in [2.24, 2.45) is 0 Å². The van der Waals surface area contributed by atoms with Gasteiger partial charge in [-0.1, -0.05) is 19.3 Å². The number of hydrogen-bond donors (Lipinski definition) is 0. The van der Waals surface area contributed by atoms with Crippen molar-refractivity contribution in [2.75, 3.05) is 26.4 Å². The highest BCUT2D eigenvalue weighted by molar-refractivity contribution is 5.69. The van der Waals surface area contributed by atoms with Gasteiger partial charge in [-0.25, -0.2) is 9.97 Å². The first-order valence-corrected chi connectivity index (χ1v) is 10.4. The van der Waals surface area contributed by atoms with Gasteiger partial charge in [0.1, 0.15) is 5.75 Å². The third-order valence-corrected chi connectivity index (χ3v) is 4.41. The zero-order chi connectivity index (χ0) is 20.7. The van der Waals surface area contributed by atoms with E-state index in [4.69, 9.17) is 14.2 Å². The van der Waals surface area contributed by atoms with Crippen LogP contribution in [0.4, 0.5) is 0 Å². The molecule has 0 unspecified atom stereocenters. The molecule has 29 heavy (non-hydrogen) atoms. The zero-order valence-corrected chi connectivity index (χ0v) is 17.6. The number of nitrogens with zero attached hydrogens (tertiary/aromatic N) is 2. The first-order valence-electron chi connectivity index (χ1n) is 10.4. The molecule has 6 heteroatoms. The van der Waals surface area contributed by atoms with Crippen LogP contribution in [0.15, 0.2) is 36.7 Å². The average molecular weight is 401 g/mol. The van der Waals surface area contributed by atoms with E-state index in [0.29, 0.717) is 24.8 Å². The summed E-state index contributed by atoms with van der Waals surface area (Å²) < 4.78 is 15.8. The molecular weight excluding hydrogens is 368 g/mol. The lowest BCUT2D eigenvalue weighted by Crippen LogP contribution is -2.04. The van der Waals surface area contributed by atoms with Gasteiger partial charge >= 0.3 is 5.97 Å². The van der Waals surface area contributed by atoms with E-state index >= 15 is 0 Å². The van der Waals surface area contributed by atoms with Crippen LogP contribution in [0.3, 0.4) is 0 Å². The lowest BCUT2D eigenvalue weighted by atomic mass is 10.1. The third-order valence-electron chi connectivity index (χ3n) is 4.41. The number of hydrogen-bond acceptors (Lipinski definition) is 6. The van der Waals surface area contributed by atoms with Crippen molar-refractivity contribution in [2.45, 2.75) is 52.4 Å². The van der Waals surface area contributed by atoms with Crippen LogP contribution in [0.1, 0.15) is 51.5 Å². The Balaban J connectivity index is 1.60. The highest BCUT2D eigenvalue weighted by Gasteiger charge is 2.04. The summed E-state index contributed by atoms with van der Waals surface area (Å²) in [5.74, 6) is 0.867. The predicted molar refractivity (Wildman–Crippen MR) is 113 cm³/mol. The van der Waals surface area contributed by atoms with E-state index in [1.807, 2.05) is 31.5 Å². The molecule has 1 heterocycles. The molecule has 2 aromatic rings. The van der Waals surface area contributed by atoms with E-state index in [1.165, 1.54) is 26.2 Å². The number of benzene rings is 1. The Hall–Kier alpha value is -2.31. The number of aryl methyl sites for hydroxylation is 1. The second-order valence-electron chi connectivity index (χ2n) is 6.86. The van der Waals surface area contributed by atoms with Crippen LogP contribution in [0, 0.1) is 0 Å². The molecular formula is C23H32N2O4. The van der Waals surface area contributed by atoms with Gasteiger partial charge in [0, 0.05) is 38.1 Å². The van der Waals surface area contributed by atoms with E-state index in [1.54, 1.807) is 12.1 Å². The maximum Gasteiger partial charge on any atom is 0.308 e. The van der Waals surface area contributed by atoms with Gasteiger partial charge < -0.3 is 14.2 Å². The van der Waals surface area contributed by atoms with Crippen molar-refractivity contribution >= 4 is 5.97 Å². The largest absolute Gasteiger partial charge is 0.427 e. The van der Waals surface area contributed by atoms with Crippen LogP contribution >= 0.6 is 0 Å². The Kier molecular flexibility index (Phi) is 10.9. The number of carbonyl (C=O) groups excluding carboxylic acids is 1. The molecule has 2 rings (SSSR count). The minimum absolute atomic E-state index is 0.329. The average Bonchev–Trinajstić information content (AvgIpc) is 2.73. The lowest BCUT2D eigenvalue weighted by Gasteiger charge is -2.06. The monoisotopic (exact) mass is 400 g/mol. The SMILES string of the molecule is CCOCCOCCCCCCCc1cnc(-c2ccc(OC(C)=O)cc2)nc1. The van der Waals surface area contributed by atoms with Gasteiger partial charge in [0.15, 0.2) is 5.82 Å². The molecule has 158 valence electrons. The Labute approximate surface area is 173 Å². The number of ether oxygens (including phenoxy) is 3. The molecule has 0 radical (unpaired) electrons. The Morgan fingerprint density at radius 2 is 1.52 bits per heavy atom. The van der Waals surface area contributed by atoms with Crippen LogP contribution in [-0.2, 0) is 20.7 Å². The normalized spacial score (nSPS) is 10.8. The topological polar surface area (TPSA) is 70.5 Å². The van der Waals surface area contributed by atoms with Gasteiger partial charge in [0.2, 0.25) is 0 Å². The summed E-state index contributed by atoms with van der Waals surface area (Å²) in [6.45, 7) is 6.34. The maximum atomic E-state index is 11.0. The van der Waals surface area contributed by atoms with Crippen molar-refractivity contribution in [3.8, 4) is 17.1 Å². The van der Waals surface area contributed by atoms with E-state index < -0.39 is 0 Å². The molecule has 1 aromatic heterocycles. The van der Waals surface area contributed by atoms with Gasteiger partial charge in [-0.2, -0.15) is 0 Å². The van der Waals surface area contributed by atoms with Gasteiger partial charge in [-0.3, -0.25) is 4.79 Å². The molecule has 0 saturated carbocycles. The van der Waals surface area contributed by atoms with E-state index in [0.717, 1.165) is 43.6 Å². The standard InChI is InChI=1S/C23H32N2O4/c1-3-27-15-16-28-14-8-6-4-5-7-9-20-17-24-23(25-18-20)21-10-12-22(13-11-21)29-19(2)26/h10-13,17-18H,3-9,14-16H2,1-2H3. The number of esters is 1. The summed E-state index contributed by atoms with van der Waals surface area (Å²) in [7, 11) is 0. The predicted octanol–water partition coefficient (Wildman–Crippen LogP) is 4.62. The van der Waals surface area contributed by atoms with Crippen molar-refractivity contribution in [1.82, 2.24) is 9.97 Å². The quantitative estimate of drug-likeness (QED) is 0.262. The highest BCUT2D eigenvalue weighted by atomic mass is 16.5. The number of carbonyl (C=O) groups is 1. The Morgan fingerprint density at radius 3 is 2.21 bits per heavy atom. The molecule has 6 nitrogen and oxygen atoms in total. The van der Waals surface area contributed by atoms with Gasteiger partial charge in [-0.15, -0.1) is 0 Å². The molecule has 0 aliphatic carbocycles. The molecule has 0 spiro atoms. The summed E-state index contributed by atoms with van der Waals surface area (Å²) in [6.07, 6.45) is 10.7. The minimum atomic E-state index is -0.329. The van der Waals surface area contributed by atoms with Crippen LogP contribution in [0.5, 0.6) is 5.75 Å². The lowest BCUT2D eigenvalue weighted by molar-refractivity contribution is -0.131. The fourth-order valence-corrected chi connectivity index (χ4v) is 2.90. The van der Waals surface area contributed by atoms with Crippen LogP contribution in [0.2, 0.25) is 0 Å². The fourth-order valence-electron chi connectivity index (χ4n) is 2.90. The molecule has 0 aliphatic rings. The van der Waals surface area contributed by atoms with E-state index in [-0.39, 0.29) is 5.97 Å². The number of rotatable bonds is 14. The molecule has 0 aliphatic heterocycles. The van der Waals surface area contributed by atoms with Gasteiger partial charge in [-0.05, 0) is 56.0 Å². The maximum absolute atomic E-state index is 11.0. The van der Waals surface area contributed by atoms with Crippen molar-refractivity contribution in [1.29, 1.82) is 0 Å². The molecule has 0 N–H and O–H groups in total. The van der Waals surface area contributed by atoms with Crippen LogP contribution < -0.4 is 4.74 Å². The first kappa shape index (κ1) is 23.0. The highest BCUT2D eigenvalue weighted by Crippen LogP contribution is 2.19. The van der Waals surface area contributed by atoms with E-state index in [2.05, 4.69) is 9.97 Å². The third kappa shape index (κ3) is 9.63. The van der Waals surface area contributed by atoms with E-state index in [9.17, 15) is 4.79 Å². The molecule has 0 atom stereocenters. The van der Waals surface area contributed by atoms with Gasteiger partial charge in [0.05, 0.1) is 13.2 Å². The van der Waals surface area contributed by atoms with Crippen molar-refractivity contribution in [3.05, 3.63) is 42.2 Å². The molecule has 0 amide bonds. The minimum Gasteiger partial charge on any atom is -0.427 e. The molecule has 0 fully saturated rings. The van der Waals surface area contributed by atoms with Crippen molar-refractivity contribution < 1.29 is 19.0 Å². The Bertz CT molecular complexity index is 702. The van der Waals surface area contributed by atoms with Crippen molar-refractivity contribution in [3.63, 3.8) is 0 Å². The zero-order valence-electron chi connectivity index (χ0n) is 17.6. The number of aromatic nitrogens is 2. The summed E-state index contributed by atoms with van der Waals surface area (Å²) in [5.41, 5.74) is 2.06. The summed E-state index contributed by atoms with van der Waals surface area (Å²) in [5, 5.41) is 0. The smallest absolute Gasteiger partial charge is 0.308 e. The summed E-state index contributed by atoms with van der Waals surface area (Å²) in [4.78, 5) is 19.9. The van der Waals surface area contributed by atoms with Gasteiger partial charge in [0.25, 0.3) is 0 Å². The molecule has 0 saturated heterocycles. The van der Waals surface area contributed by atoms with Crippen LogP contribution in [-0.4, -0.2) is 42.4 Å². The second-order valence-corrected chi connectivity index (χ2v) is 6.86. The molecule has 0 bridgehead atoms. The summed E-state index contributed by atoms with van der Waals surface area (Å²) >= 11 is 0. The summed E-state index contributed by atoms with van der Waals surface area (Å²) in [6, 6.07) is 7.21. The van der Waals surface area contributed by atoms with Crippen LogP contribution in [0.25, 0.3) is 11.4 Å². The Morgan fingerprint density at radius 1 is 0.862 bits per heavy atom. The molecule has 1 aromatic carbocycles. The number of unbranched alkanes of at least 4 members (excludes halogenated alkanes) is 4.